The van der Waals surface area contributed by atoms with Crippen LogP contribution >= 0.6 is 15.6 Å². The molecule has 0 saturated carbocycles. The lowest BCUT2D eigenvalue weighted by Gasteiger charge is -2.21. The SMILES string of the molecule is CC(C)CCCCCCCCCCCCCCCCCC(=O)O[C@H](COC(=O)CCCCCCCCCCCCCC(C)C)COP(=O)(O)OC[C@@H](O)COP(=O)(O)OC[C@@H](COC(=O)CCCCCCCCC(C)C)OC(=O)CCCCCCCCCCCCCC(C)C. The number of carbonyl (C=O) groups is 4. The van der Waals surface area contributed by atoms with Crippen LogP contribution in [-0.2, 0) is 65.4 Å². The van der Waals surface area contributed by atoms with E-state index in [1.54, 1.807) is 0 Å². The summed E-state index contributed by atoms with van der Waals surface area (Å²) in [5.74, 6) is 0.896. The topological polar surface area (TPSA) is 237 Å². The predicted octanol–water partition coefficient (Wildman–Crippen LogP) is 22.0. The molecule has 0 aromatic heterocycles. The van der Waals surface area contributed by atoms with E-state index < -0.39 is 97.5 Å². The molecule has 0 heterocycles. The minimum Gasteiger partial charge on any atom is -0.462 e. The highest BCUT2D eigenvalue weighted by Crippen LogP contribution is 2.45. The van der Waals surface area contributed by atoms with E-state index in [9.17, 15) is 43.2 Å². The molecule has 17 nitrogen and oxygen atoms in total. The number of aliphatic hydroxyl groups is 1. The zero-order chi connectivity index (χ0) is 70.3. The van der Waals surface area contributed by atoms with Gasteiger partial charge in [0.15, 0.2) is 12.2 Å². The lowest BCUT2D eigenvalue weighted by molar-refractivity contribution is -0.161. The lowest BCUT2D eigenvalue weighted by Crippen LogP contribution is -2.30. The number of hydrogen-bond donors (Lipinski definition) is 3. The first-order valence-electron chi connectivity index (χ1n) is 39.2. The van der Waals surface area contributed by atoms with Gasteiger partial charge in [-0.2, -0.15) is 0 Å². The Kier molecular flexibility index (Phi) is 64.0. The molecule has 0 aliphatic rings. The second-order valence-electron chi connectivity index (χ2n) is 29.3. The fraction of sp³-hybridized carbons (Fsp3) is 0.947. The Balaban J connectivity index is 5.24. The van der Waals surface area contributed by atoms with Gasteiger partial charge in [-0.1, -0.05) is 331 Å². The largest absolute Gasteiger partial charge is 0.472 e. The van der Waals surface area contributed by atoms with Crippen LogP contribution in [-0.4, -0.2) is 96.7 Å². The van der Waals surface area contributed by atoms with Gasteiger partial charge in [0, 0.05) is 25.7 Å². The molecule has 0 spiro atoms. The smallest absolute Gasteiger partial charge is 0.462 e. The molecular weight excluding hydrogens is 1250 g/mol. The van der Waals surface area contributed by atoms with Crippen LogP contribution in [0.25, 0.3) is 0 Å². The van der Waals surface area contributed by atoms with E-state index in [1.165, 1.54) is 180 Å². The molecule has 0 saturated heterocycles. The van der Waals surface area contributed by atoms with Crippen molar-refractivity contribution in [2.24, 2.45) is 23.7 Å². The van der Waals surface area contributed by atoms with Crippen molar-refractivity contribution in [2.75, 3.05) is 39.6 Å². The van der Waals surface area contributed by atoms with Crippen molar-refractivity contribution in [3.05, 3.63) is 0 Å². The summed E-state index contributed by atoms with van der Waals surface area (Å²) in [5, 5.41) is 10.6. The zero-order valence-electron chi connectivity index (χ0n) is 62.3. The maximum atomic E-state index is 13.1. The van der Waals surface area contributed by atoms with E-state index >= 15 is 0 Å². The normalized spacial score (nSPS) is 14.1. The molecule has 0 rings (SSSR count). The Morgan fingerprint density at radius 1 is 0.263 bits per heavy atom. The van der Waals surface area contributed by atoms with E-state index in [-0.39, 0.29) is 25.7 Å². The van der Waals surface area contributed by atoms with E-state index in [4.69, 9.17) is 37.0 Å². The van der Waals surface area contributed by atoms with Crippen molar-refractivity contribution < 1.29 is 80.2 Å². The Hall–Kier alpha value is -1.94. The Morgan fingerprint density at radius 2 is 0.442 bits per heavy atom. The maximum absolute atomic E-state index is 13.1. The standard InChI is InChI=1S/C76H148O17P2/c1-66(2)52-44-36-28-22-16-12-10-9-11-13-19-26-32-42-50-58-75(80)92-71(62-86-73(78)56-48-40-31-25-20-14-17-23-29-37-45-53-67(3)4)64-90-94(82,83)88-60-70(77)61-89-95(84,85)91-65-72(63-87-74(79)57-49-41-35-34-39-47-55-69(7)8)93-76(81)59-51-43-33-27-21-15-18-24-30-38-46-54-68(5)6/h66-72,77H,9-65H2,1-8H3,(H,82,83)(H,84,85)/t70-,71-,72-/m1/s1. The van der Waals surface area contributed by atoms with Gasteiger partial charge in [-0.25, -0.2) is 9.13 Å². The van der Waals surface area contributed by atoms with Gasteiger partial charge in [0.05, 0.1) is 26.4 Å². The monoisotopic (exact) mass is 1400 g/mol. The summed E-state index contributed by atoms with van der Waals surface area (Å²) in [6.07, 6.45) is 50.1. The van der Waals surface area contributed by atoms with Gasteiger partial charge >= 0.3 is 39.5 Å². The molecule has 0 aromatic rings. The number of unbranched alkanes of at least 4 members (excludes halogenated alkanes) is 39. The third-order valence-corrected chi connectivity index (χ3v) is 19.5. The highest BCUT2D eigenvalue weighted by atomic mass is 31.2. The summed E-state index contributed by atoms with van der Waals surface area (Å²) in [6, 6.07) is 0. The number of phosphoric acid groups is 2. The second-order valence-corrected chi connectivity index (χ2v) is 32.2. The fourth-order valence-electron chi connectivity index (χ4n) is 11.6. The van der Waals surface area contributed by atoms with Crippen LogP contribution in [0.15, 0.2) is 0 Å². The summed E-state index contributed by atoms with van der Waals surface area (Å²) in [4.78, 5) is 72.8. The van der Waals surface area contributed by atoms with Crippen LogP contribution in [0.4, 0.5) is 0 Å². The molecule has 0 aliphatic heterocycles. The van der Waals surface area contributed by atoms with Gasteiger partial charge in [-0.3, -0.25) is 37.3 Å². The minimum absolute atomic E-state index is 0.105. The predicted molar refractivity (Wildman–Crippen MR) is 386 cm³/mol. The zero-order valence-corrected chi connectivity index (χ0v) is 64.1. The van der Waals surface area contributed by atoms with Gasteiger partial charge in [-0.05, 0) is 49.4 Å². The second kappa shape index (κ2) is 65.4. The molecule has 5 atom stereocenters. The van der Waals surface area contributed by atoms with Gasteiger partial charge < -0.3 is 33.8 Å². The Morgan fingerprint density at radius 3 is 0.653 bits per heavy atom. The average molecular weight is 1400 g/mol. The lowest BCUT2D eigenvalue weighted by atomic mass is 10.0. The van der Waals surface area contributed by atoms with Crippen LogP contribution in [0.3, 0.4) is 0 Å². The van der Waals surface area contributed by atoms with Crippen LogP contribution in [0, 0.1) is 23.7 Å². The number of hydrogen-bond acceptors (Lipinski definition) is 15. The van der Waals surface area contributed by atoms with Gasteiger partial charge in [-0.15, -0.1) is 0 Å². The number of esters is 4. The Labute approximate surface area is 581 Å². The summed E-state index contributed by atoms with van der Waals surface area (Å²) >= 11 is 0. The molecule has 2 unspecified atom stereocenters. The summed E-state index contributed by atoms with van der Waals surface area (Å²) < 4.78 is 68.5. The Bertz CT molecular complexity index is 1870. The minimum atomic E-state index is -4.96. The first kappa shape index (κ1) is 93.1. The average Bonchev–Trinajstić information content (AvgIpc) is 3.42. The number of ether oxygens (including phenoxy) is 4. The molecule has 3 N–H and O–H groups in total. The molecule has 19 heteroatoms. The van der Waals surface area contributed by atoms with Gasteiger partial charge in [0.1, 0.15) is 19.3 Å². The quantitative estimate of drug-likeness (QED) is 0.0222. The maximum Gasteiger partial charge on any atom is 0.472 e. The van der Waals surface area contributed by atoms with Crippen molar-refractivity contribution >= 4 is 39.5 Å². The molecule has 0 amide bonds. The first-order valence-corrected chi connectivity index (χ1v) is 42.2. The number of rotatable bonds is 73. The molecule has 95 heavy (non-hydrogen) atoms. The number of aliphatic hydroxyl groups excluding tert-OH is 1. The van der Waals surface area contributed by atoms with Crippen molar-refractivity contribution in [1.82, 2.24) is 0 Å². The van der Waals surface area contributed by atoms with Crippen LogP contribution in [0.2, 0.25) is 0 Å². The molecular formula is C76H148O17P2. The van der Waals surface area contributed by atoms with E-state index in [1.807, 2.05) is 0 Å². The number of phosphoric ester groups is 2. The molecule has 0 fully saturated rings. The summed E-state index contributed by atoms with van der Waals surface area (Å²) in [7, 11) is -9.91. The van der Waals surface area contributed by atoms with Crippen molar-refractivity contribution in [3.8, 4) is 0 Å². The van der Waals surface area contributed by atoms with Gasteiger partial charge in [0.2, 0.25) is 0 Å². The molecule has 564 valence electrons. The molecule has 0 aromatic carbocycles. The van der Waals surface area contributed by atoms with Gasteiger partial charge in [0.25, 0.3) is 0 Å². The third kappa shape index (κ3) is 70.3. The highest BCUT2D eigenvalue weighted by molar-refractivity contribution is 7.47. The molecule has 0 bridgehead atoms. The molecule has 0 aliphatic carbocycles. The first-order chi connectivity index (χ1) is 45.6. The highest BCUT2D eigenvalue weighted by Gasteiger charge is 2.30. The summed E-state index contributed by atoms with van der Waals surface area (Å²) in [6.45, 7) is 14.2. The molecule has 0 radical (unpaired) electrons. The van der Waals surface area contributed by atoms with Crippen molar-refractivity contribution in [3.63, 3.8) is 0 Å². The van der Waals surface area contributed by atoms with Crippen molar-refractivity contribution in [1.29, 1.82) is 0 Å². The van der Waals surface area contributed by atoms with E-state index in [0.717, 1.165) is 114 Å². The van der Waals surface area contributed by atoms with Crippen LogP contribution in [0.1, 0.15) is 383 Å². The van der Waals surface area contributed by atoms with Crippen LogP contribution < -0.4 is 0 Å². The summed E-state index contributed by atoms with van der Waals surface area (Å²) in [5.41, 5.74) is 0. The fourth-order valence-corrected chi connectivity index (χ4v) is 13.1. The number of carbonyl (C=O) groups excluding carboxylic acids is 4. The van der Waals surface area contributed by atoms with E-state index in [0.29, 0.717) is 31.6 Å². The third-order valence-electron chi connectivity index (χ3n) is 17.6. The van der Waals surface area contributed by atoms with E-state index in [2.05, 4.69) is 55.4 Å². The van der Waals surface area contributed by atoms with Crippen molar-refractivity contribution in [2.45, 2.75) is 401 Å². The van der Waals surface area contributed by atoms with Crippen LogP contribution in [0.5, 0.6) is 0 Å².